The first-order valence-corrected chi connectivity index (χ1v) is 3.25. The SMILES string of the molecule is Cc1ncoc1C(C)C(=O)O. The van der Waals surface area contributed by atoms with E-state index in [1.165, 1.54) is 6.39 Å². The van der Waals surface area contributed by atoms with Gasteiger partial charge in [0, 0.05) is 0 Å². The maximum atomic E-state index is 10.5. The molecule has 0 saturated heterocycles. The van der Waals surface area contributed by atoms with Crippen molar-refractivity contribution >= 4 is 5.97 Å². The Labute approximate surface area is 63.9 Å². The number of aryl methyl sites for hydroxylation is 1. The fourth-order valence-corrected chi connectivity index (χ4v) is 0.839. The number of carboxylic acid groups (broad SMARTS) is 1. The van der Waals surface area contributed by atoms with Gasteiger partial charge in [-0.1, -0.05) is 0 Å². The van der Waals surface area contributed by atoms with Gasteiger partial charge in [0.1, 0.15) is 11.7 Å². The third-order valence-electron chi connectivity index (χ3n) is 1.55. The highest BCUT2D eigenvalue weighted by molar-refractivity contribution is 5.74. The lowest BCUT2D eigenvalue weighted by Crippen LogP contribution is -2.07. The average molecular weight is 155 g/mol. The number of nitrogens with zero attached hydrogens (tertiary/aromatic N) is 1. The largest absolute Gasteiger partial charge is 0.481 e. The minimum absolute atomic E-state index is 0.428. The lowest BCUT2D eigenvalue weighted by molar-refractivity contribution is -0.138. The van der Waals surface area contributed by atoms with Crippen LogP contribution in [0.2, 0.25) is 0 Å². The van der Waals surface area contributed by atoms with Gasteiger partial charge in [0.2, 0.25) is 0 Å². The summed E-state index contributed by atoms with van der Waals surface area (Å²) in [7, 11) is 0. The highest BCUT2D eigenvalue weighted by atomic mass is 16.4. The molecule has 0 aliphatic carbocycles. The molecule has 1 aromatic rings. The maximum absolute atomic E-state index is 10.5. The van der Waals surface area contributed by atoms with E-state index in [0.29, 0.717) is 11.5 Å². The number of rotatable bonds is 2. The first kappa shape index (κ1) is 7.78. The Balaban J connectivity index is 2.92. The molecular formula is C7H9NO3. The smallest absolute Gasteiger partial charge is 0.313 e. The Morgan fingerprint density at radius 1 is 1.82 bits per heavy atom. The van der Waals surface area contributed by atoms with Crippen molar-refractivity contribution in [2.75, 3.05) is 0 Å². The van der Waals surface area contributed by atoms with Gasteiger partial charge in [-0.3, -0.25) is 4.79 Å². The molecule has 4 nitrogen and oxygen atoms in total. The van der Waals surface area contributed by atoms with E-state index < -0.39 is 11.9 Å². The van der Waals surface area contributed by atoms with E-state index >= 15 is 0 Å². The van der Waals surface area contributed by atoms with Crippen molar-refractivity contribution in [1.82, 2.24) is 4.98 Å². The summed E-state index contributed by atoms with van der Waals surface area (Å²) in [5.74, 6) is -1.08. The number of aromatic nitrogens is 1. The molecule has 0 radical (unpaired) electrons. The van der Waals surface area contributed by atoms with Crippen molar-refractivity contribution in [3.8, 4) is 0 Å². The lowest BCUT2D eigenvalue weighted by atomic mass is 10.1. The molecule has 11 heavy (non-hydrogen) atoms. The van der Waals surface area contributed by atoms with Crippen molar-refractivity contribution in [2.24, 2.45) is 0 Å². The number of oxazole rings is 1. The predicted molar refractivity (Wildman–Crippen MR) is 37.3 cm³/mol. The Kier molecular flexibility index (Phi) is 1.94. The first-order valence-electron chi connectivity index (χ1n) is 3.25. The van der Waals surface area contributed by atoms with Crippen LogP contribution in [0.3, 0.4) is 0 Å². The second kappa shape index (κ2) is 2.74. The standard InChI is InChI=1S/C7H9NO3/c1-4(7(9)10)6-5(2)8-3-11-6/h3-4H,1-2H3,(H,9,10). The van der Waals surface area contributed by atoms with Crippen molar-refractivity contribution in [3.63, 3.8) is 0 Å². The van der Waals surface area contributed by atoms with Crippen molar-refractivity contribution in [3.05, 3.63) is 17.8 Å². The van der Waals surface area contributed by atoms with Gasteiger partial charge in [-0.05, 0) is 13.8 Å². The molecular weight excluding hydrogens is 146 g/mol. The molecule has 0 fully saturated rings. The van der Waals surface area contributed by atoms with Crippen LogP contribution < -0.4 is 0 Å². The summed E-state index contributed by atoms with van der Waals surface area (Å²) in [6.07, 6.45) is 1.25. The zero-order valence-corrected chi connectivity index (χ0v) is 6.37. The molecule has 60 valence electrons. The molecule has 0 aliphatic rings. The summed E-state index contributed by atoms with van der Waals surface area (Å²) in [5.41, 5.74) is 0.639. The van der Waals surface area contributed by atoms with Gasteiger partial charge in [-0.15, -0.1) is 0 Å². The van der Waals surface area contributed by atoms with Crippen LogP contribution >= 0.6 is 0 Å². The van der Waals surface area contributed by atoms with Crippen LogP contribution in [0.25, 0.3) is 0 Å². The predicted octanol–water partition coefficient (Wildman–Crippen LogP) is 1.17. The summed E-state index contributed by atoms with van der Waals surface area (Å²) in [5, 5.41) is 8.59. The van der Waals surface area contributed by atoms with E-state index in [9.17, 15) is 4.79 Å². The van der Waals surface area contributed by atoms with E-state index in [2.05, 4.69) is 4.98 Å². The molecule has 4 heteroatoms. The molecule has 1 N–H and O–H groups in total. The van der Waals surface area contributed by atoms with E-state index in [0.717, 1.165) is 0 Å². The summed E-state index contributed by atoms with van der Waals surface area (Å²) in [4.78, 5) is 14.3. The van der Waals surface area contributed by atoms with Crippen LogP contribution in [0, 0.1) is 6.92 Å². The van der Waals surface area contributed by atoms with E-state index in [1.807, 2.05) is 0 Å². The normalized spacial score (nSPS) is 12.9. The van der Waals surface area contributed by atoms with E-state index in [1.54, 1.807) is 13.8 Å². The van der Waals surface area contributed by atoms with Crippen LogP contribution in [0.4, 0.5) is 0 Å². The quantitative estimate of drug-likeness (QED) is 0.696. The van der Waals surface area contributed by atoms with Crippen LogP contribution in [-0.2, 0) is 4.79 Å². The van der Waals surface area contributed by atoms with Gasteiger partial charge in [-0.2, -0.15) is 0 Å². The third-order valence-corrected chi connectivity index (χ3v) is 1.55. The number of aliphatic carboxylic acids is 1. The molecule has 1 heterocycles. The average Bonchev–Trinajstić information content (AvgIpc) is 2.33. The molecule has 1 rings (SSSR count). The lowest BCUT2D eigenvalue weighted by Gasteiger charge is -2.00. The minimum atomic E-state index is -0.898. The zero-order chi connectivity index (χ0) is 8.43. The molecule has 1 aromatic heterocycles. The van der Waals surface area contributed by atoms with Gasteiger partial charge >= 0.3 is 5.97 Å². The van der Waals surface area contributed by atoms with Crippen molar-refractivity contribution in [2.45, 2.75) is 19.8 Å². The summed E-state index contributed by atoms with van der Waals surface area (Å²) in [6, 6.07) is 0. The maximum Gasteiger partial charge on any atom is 0.313 e. The van der Waals surface area contributed by atoms with E-state index in [-0.39, 0.29) is 0 Å². The van der Waals surface area contributed by atoms with Crippen molar-refractivity contribution in [1.29, 1.82) is 0 Å². The molecule has 1 unspecified atom stereocenters. The van der Waals surface area contributed by atoms with Crippen LogP contribution in [0.15, 0.2) is 10.8 Å². The number of hydrogen-bond acceptors (Lipinski definition) is 3. The second-order valence-electron chi connectivity index (χ2n) is 2.36. The molecule has 0 aliphatic heterocycles. The highest BCUT2D eigenvalue weighted by Gasteiger charge is 2.19. The van der Waals surface area contributed by atoms with Gasteiger partial charge in [0.15, 0.2) is 6.39 Å². The number of carbonyl (C=O) groups is 1. The fraction of sp³-hybridized carbons (Fsp3) is 0.429. The van der Waals surface area contributed by atoms with Gasteiger partial charge in [0.25, 0.3) is 0 Å². The first-order chi connectivity index (χ1) is 5.13. The topological polar surface area (TPSA) is 63.3 Å². The Hall–Kier alpha value is -1.32. The second-order valence-corrected chi connectivity index (χ2v) is 2.36. The molecule has 0 saturated carbocycles. The Morgan fingerprint density at radius 2 is 2.45 bits per heavy atom. The van der Waals surface area contributed by atoms with Crippen LogP contribution in [0.5, 0.6) is 0 Å². The van der Waals surface area contributed by atoms with Gasteiger partial charge in [-0.25, -0.2) is 4.98 Å². The van der Waals surface area contributed by atoms with Gasteiger partial charge in [0.05, 0.1) is 5.69 Å². The fourth-order valence-electron chi connectivity index (χ4n) is 0.839. The third kappa shape index (κ3) is 1.39. The summed E-state index contributed by atoms with van der Waals surface area (Å²) < 4.78 is 4.90. The number of hydrogen-bond donors (Lipinski definition) is 1. The zero-order valence-electron chi connectivity index (χ0n) is 6.37. The summed E-state index contributed by atoms with van der Waals surface area (Å²) >= 11 is 0. The Bertz CT molecular complexity index is 266. The molecule has 1 atom stereocenters. The van der Waals surface area contributed by atoms with Crippen LogP contribution in [-0.4, -0.2) is 16.1 Å². The number of carboxylic acids is 1. The van der Waals surface area contributed by atoms with E-state index in [4.69, 9.17) is 9.52 Å². The van der Waals surface area contributed by atoms with Gasteiger partial charge < -0.3 is 9.52 Å². The monoisotopic (exact) mass is 155 g/mol. The minimum Gasteiger partial charge on any atom is -0.481 e. The molecule has 0 bridgehead atoms. The van der Waals surface area contributed by atoms with Crippen molar-refractivity contribution < 1.29 is 14.3 Å². The highest BCUT2D eigenvalue weighted by Crippen LogP contribution is 2.17. The molecule has 0 aromatic carbocycles. The summed E-state index contributed by atoms with van der Waals surface area (Å²) in [6.45, 7) is 3.29. The Morgan fingerprint density at radius 3 is 2.82 bits per heavy atom. The molecule has 0 amide bonds. The van der Waals surface area contributed by atoms with Crippen LogP contribution in [0.1, 0.15) is 24.3 Å². The molecule has 0 spiro atoms.